The van der Waals surface area contributed by atoms with E-state index < -0.39 is 12.1 Å². The van der Waals surface area contributed by atoms with Crippen molar-refractivity contribution >= 4 is 17.6 Å². The Bertz CT molecular complexity index is 874. The van der Waals surface area contributed by atoms with Crippen LogP contribution in [0.15, 0.2) is 84.9 Å². The average Bonchev–Trinajstić information content (AvgIpc) is 2.69. The van der Waals surface area contributed by atoms with Crippen molar-refractivity contribution in [2.24, 2.45) is 0 Å². The van der Waals surface area contributed by atoms with E-state index in [2.05, 4.69) is 5.32 Å². The number of benzene rings is 3. The number of hydrogen-bond donors (Lipinski definition) is 1. The molecule has 0 fully saturated rings. The molecule has 0 bridgehead atoms. The van der Waals surface area contributed by atoms with Gasteiger partial charge in [-0.05, 0) is 42.3 Å². The Morgan fingerprint density at radius 3 is 1.92 bits per heavy atom. The summed E-state index contributed by atoms with van der Waals surface area (Å²) in [5.74, 6) is -0.897. The molecule has 0 aliphatic carbocycles. The van der Waals surface area contributed by atoms with Crippen molar-refractivity contribution < 1.29 is 14.3 Å². The van der Waals surface area contributed by atoms with Gasteiger partial charge in [-0.3, -0.25) is 4.79 Å². The molecule has 0 saturated heterocycles. The first-order chi connectivity index (χ1) is 12.6. The summed E-state index contributed by atoms with van der Waals surface area (Å²) in [6.45, 7) is 1.55. The largest absolute Gasteiger partial charge is 0.449 e. The van der Waals surface area contributed by atoms with Crippen LogP contribution in [0.25, 0.3) is 11.1 Å². The molecule has 4 heteroatoms. The van der Waals surface area contributed by atoms with Gasteiger partial charge in [0.1, 0.15) is 0 Å². The predicted octanol–water partition coefficient (Wildman–Crippen LogP) is 4.54. The topological polar surface area (TPSA) is 55.4 Å². The number of nitrogens with one attached hydrogen (secondary N) is 1. The fourth-order valence-corrected chi connectivity index (χ4v) is 2.48. The van der Waals surface area contributed by atoms with E-state index in [9.17, 15) is 9.59 Å². The SMILES string of the molecule is C[C@@H](OC(=O)c1ccc(-c2ccccc2)cc1)C(=O)Nc1ccccc1. The van der Waals surface area contributed by atoms with Crippen LogP contribution in [-0.2, 0) is 9.53 Å². The first-order valence-corrected chi connectivity index (χ1v) is 8.36. The summed E-state index contributed by atoms with van der Waals surface area (Å²) in [6, 6.07) is 26.1. The van der Waals surface area contributed by atoms with E-state index in [-0.39, 0.29) is 5.91 Å². The number of carbonyl (C=O) groups excluding carboxylic acids is 2. The number of carbonyl (C=O) groups is 2. The molecular weight excluding hydrogens is 326 g/mol. The van der Waals surface area contributed by atoms with Gasteiger partial charge in [-0.25, -0.2) is 4.79 Å². The van der Waals surface area contributed by atoms with Gasteiger partial charge in [-0.1, -0.05) is 60.7 Å². The molecule has 26 heavy (non-hydrogen) atoms. The van der Waals surface area contributed by atoms with Crippen molar-refractivity contribution in [2.75, 3.05) is 5.32 Å². The third-order valence-electron chi connectivity index (χ3n) is 3.92. The zero-order chi connectivity index (χ0) is 18.4. The van der Waals surface area contributed by atoms with Crippen molar-refractivity contribution in [3.8, 4) is 11.1 Å². The lowest BCUT2D eigenvalue weighted by Crippen LogP contribution is -2.29. The Labute approximate surface area is 152 Å². The molecule has 1 atom stereocenters. The van der Waals surface area contributed by atoms with Crippen LogP contribution in [0.3, 0.4) is 0 Å². The zero-order valence-corrected chi connectivity index (χ0v) is 14.4. The molecule has 0 unspecified atom stereocenters. The molecule has 1 N–H and O–H groups in total. The van der Waals surface area contributed by atoms with Gasteiger partial charge in [0.2, 0.25) is 0 Å². The van der Waals surface area contributed by atoms with Crippen molar-refractivity contribution in [2.45, 2.75) is 13.0 Å². The number of rotatable bonds is 5. The molecule has 0 aromatic heterocycles. The lowest BCUT2D eigenvalue weighted by molar-refractivity contribution is -0.123. The highest BCUT2D eigenvalue weighted by Gasteiger charge is 2.19. The van der Waals surface area contributed by atoms with Crippen molar-refractivity contribution in [3.63, 3.8) is 0 Å². The van der Waals surface area contributed by atoms with Crippen molar-refractivity contribution in [1.82, 2.24) is 0 Å². The van der Waals surface area contributed by atoms with Gasteiger partial charge < -0.3 is 10.1 Å². The highest BCUT2D eigenvalue weighted by atomic mass is 16.5. The quantitative estimate of drug-likeness (QED) is 0.691. The maximum Gasteiger partial charge on any atom is 0.338 e. The zero-order valence-electron chi connectivity index (χ0n) is 14.4. The summed E-state index contributed by atoms with van der Waals surface area (Å²) in [4.78, 5) is 24.4. The molecule has 3 rings (SSSR count). The van der Waals surface area contributed by atoms with Gasteiger partial charge in [-0.15, -0.1) is 0 Å². The smallest absolute Gasteiger partial charge is 0.338 e. The van der Waals surface area contributed by atoms with Gasteiger partial charge in [0, 0.05) is 5.69 Å². The summed E-state index contributed by atoms with van der Waals surface area (Å²) in [5.41, 5.74) is 3.15. The number of amides is 1. The van der Waals surface area contributed by atoms with E-state index in [0.717, 1.165) is 11.1 Å². The van der Waals surface area contributed by atoms with E-state index in [4.69, 9.17) is 4.74 Å². The number of para-hydroxylation sites is 1. The van der Waals surface area contributed by atoms with E-state index in [1.54, 1.807) is 31.2 Å². The van der Waals surface area contributed by atoms with Gasteiger partial charge in [0.25, 0.3) is 5.91 Å². The first kappa shape index (κ1) is 17.4. The molecule has 1 amide bonds. The molecule has 4 nitrogen and oxygen atoms in total. The minimum Gasteiger partial charge on any atom is -0.449 e. The predicted molar refractivity (Wildman–Crippen MR) is 102 cm³/mol. The highest BCUT2D eigenvalue weighted by Crippen LogP contribution is 2.19. The fraction of sp³-hybridized carbons (Fsp3) is 0.0909. The summed E-state index contributed by atoms with van der Waals surface area (Å²) < 4.78 is 5.27. The van der Waals surface area contributed by atoms with E-state index in [0.29, 0.717) is 11.3 Å². The first-order valence-electron chi connectivity index (χ1n) is 8.36. The molecule has 0 radical (unpaired) electrons. The lowest BCUT2D eigenvalue weighted by Gasteiger charge is -2.13. The van der Waals surface area contributed by atoms with E-state index >= 15 is 0 Å². The minimum atomic E-state index is -0.892. The third kappa shape index (κ3) is 4.36. The van der Waals surface area contributed by atoms with Crippen LogP contribution in [0.4, 0.5) is 5.69 Å². The van der Waals surface area contributed by atoms with E-state index in [1.807, 2.05) is 60.7 Å². The van der Waals surface area contributed by atoms with Crippen LogP contribution in [-0.4, -0.2) is 18.0 Å². The Hall–Kier alpha value is -3.40. The normalized spacial score (nSPS) is 11.4. The molecule has 0 saturated carbocycles. The van der Waals surface area contributed by atoms with Crippen molar-refractivity contribution in [1.29, 1.82) is 0 Å². The monoisotopic (exact) mass is 345 g/mol. The maximum absolute atomic E-state index is 12.3. The molecule has 3 aromatic rings. The van der Waals surface area contributed by atoms with Crippen LogP contribution >= 0.6 is 0 Å². The van der Waals surface area contributed by atoms with Gasteiger partial charge in [-0.2, -0.15) is 0 Å². The number of anilines is 1. The Morgan fingerprint density at radius 2 is 1.31 bits per heavy atom. The Balaban J connectivity index is 1.61. The lowest BCUT2D eigenvalue weighted by atomic mass is 10.0. The second-order valence-corrected chi connectivity index (χ2v) is 5.85. The van der Waals surface area contributed by atoms with Gasteiger partial charge in [0.15, 0.2) is 6.10 Å². The molecule has 0 spiro atoms. The summed E-state index contributed by atoms with van der Waals surface area (Å²) in [5, 5.41) is 2.71. The third-order valence-corrected chi connectivity index (χ3v) is 3.92. The second-order valence-electron chi connectivity index (χ2n) is 5.85. The van der Waals surface area contributed by atoms with E-state index in [1.165, 1.54) is 0 Å². The summed E-state index contributed by atoms with van der Waals surface area (Å²) >= 11 is 0. The van der Waals surface area contributed by atoms with Gasteiger partial charge in [0.05, 0.1) is 5.56 Å². The average molecular weight is 345 g/mol. The van der Waals surface area contributed by atoms with Crippen LogP contribution < -0.4 is 5.32 Å². The summed E-state index contributed by atoms with van der Waals surface area (Å²) in [7, 11) is 0. The molecule has 0 heterocycles. The van der Waals surface area contributed by atoms with Crippen LogP contribution in [0.5, 0.6) is 0 Å². The minimum absolute atomic E-state index is 0.370. The molecular formula is C22H19NO3. The molecule has 130 valence electrons. The van der Waals surface area contributed by atoms with Crippen molar-refractivity contribution in [3.05, 3.63) is 90.5 Å². The highest BCUT2D eigenvalue weighted by molar-refractivity contribution is 5.97. The number of esters is 1. The van der Waals surface area contributed by atoms with Crippen LogP contribution in [0.2, 0.25) is 0 Å². The van der Waals surface area contributed by atoms with Crippen LogP contribution in [0.1, 0.15) is 17.3 Å². The molecule has 3 aromatic carbocycles. The maximum atomic E-state index is 12.3. The molecule has 0 aliphatic rings. The summed E-state index contributed by atoms with van der Waals surface area (Å²) in [6.07, 6.45) is -0.892. The number of ether oxygens (including phenoxy) is 1. The second kappa shape index (κ2) is 8.12. The Morgan fingerprint density at radius 1 is 0.769 bits per heavy atom. The molecule has 0 aliphatic heterocycles. The standard InChI is InChI=1S/C22H19NO3/c1-16(21(24)23-20-10-6-3-7-11-20)26-22(25)19-14-12-18(13-15-19)17-8-4-2-5-9-17/h2-16H,1H3,(H,23,24)/t16-/m1/s1. The van der Waals surface area contributed by atoms with Crippen LogP contribution in [0, 0.1) is 0 Å². The Kier molecular flexibility index (Phi) is 5.44. The van der Waals surface area contributed by atoms with Gasteiger partial charge >= 0.3 is 5.97 Å². The fourth-order valence-electron chi connectivity index (χ4n) is 2.48. The number of hydrogen-bond acceptors (Lipinski definition) is 3.